The third kappa shape index (κ3) is 3.52. The van der Waals surface area contributed by atoms with E-state index in [2.05, 4.69) is 43.0 Å². The highest BCUT2D eigenvalue weighted by molar-refractivity contribution is 5.49. The zero-order valence-corrected chi connectivity index (χ0v) is 12.1. The minimum atomic E-state index is 0.310. The molecule has 0 aliphatic rings. The molecule has 3 N–H and O–H groups in total. The van der Waals surface area contributed by atoms with Crippen LogP contribution in [0.5, 0.6) is 5.75 Å². The number of hydrogen-bond donors (Lipinski definition) is 2. The minimum absolute atomic E-state index is 0.310. The van der Waals surface area contributed by atoms with Gasteiger partial charge in [-0.2, -0.15) is 0 Å². The maximum absolute atomic E-state index is 9.57. The lowest BCUT2D eigenvalue weighted by Gasteiger charge is -2.29. The smallest absolute Gasteiger partial charge is 0.115 e. The molecule has 0 aliphatic heterocycles. The molecule has 0 fully saturated rings. The van der Waals surface area contributed by atoms with Gasteiger partial charge in [0, 0.05) is 24.8 Å². The molecule has 0 unspecified atom stereocenters. The lowest BCUT2D eigenvalue weighted by molar-refractivity contribution is 0.474. The first-order valence-electron chi connectivity index (χ1n) is 6.93. The van der Waals surface area contributed by atoms with Crippen LogP contribution in [0.2, 0.25) is 0 Å². The molecule has 0 spiro atoms. The molecule has 0 heterocycles. The quantitative estimate of drug-likeness (QED) is 0.876. The largest absolute Gasteiger partial charge is 0.508 e. The van der Waals surface area contributed by atoms with Gasteiger partial charge in [-0.15, -0.1) is 0 Å². The molecule has 0 bridgehead atoms. The second-order valence-corrected chi connectivity index (χ2v) is 5.26. The van der Waals surface area contributed by atoms with Gasteiger partial charge in [0.15, 0.2) is 0 Å². The van der Waals surface area contributed by atoms with E-state index in [4.69, 9.17) is 5.73 Å². The molecule has 0 atom stereocenters. The Kier molecular flexibility index (Phi) is 4.64. The Hall–Kier alpha value is -2.00. The number of nitrogens with two attached hydrogens (primary N) is 1. The fourth-order valence-corrected chi connectivity index (χ4v) is 2.25. The first kappa shape index (κ1) is 14.4. The topological polar surface area (TPSA) is 49.5 Å². The van der Waals surface area contributed by atoms with E-state index in [-0.39, 0.29) is 0 Å². The summed E-state index contributed by atoms with van der Waals surface area (Å²) in [6, 6.07) is 16.1. The molecule has 0 aromatic heterocycles. The summed E-state index contributed by atoms with van der Waals surface area (Å²) in [5, 5.41) is 9.57. The maximum atomic E-state index is 9.57. The lowest BCUT2D eigenvalue weighted by Crippen LogP contribution is -2.30. The Balaban J connectivity index is 2.22. The van der Waals surface area contributed by atoms with E-state index >= 15 is 0 Å². The number of aromatic hydroxyl groups is 1. The van der Waals surface area contributed by atoms with Crippen LogP contribution in [0, 0.1) is 0 Å². The molecular weight excluding hydrogens is 248 g/mol. The fourth-order valence-electron chi connectivity index (χ4n) is 2.25. The number of hydrogen-bond acceptors (Lipinski definition) is 3. The highest BCUT2D eigenvalue weighted by Gasteiger charge is 2.11. The molecule has 2 aromatic rings. The van der Waals surface area contributed by atoms with Crippen molar-refractivity contribution in [1.29, 1.82) is 0 Å². The summed E-state index contributed by atoms with van der Waals surface area (Å²) in [6.45, 7) is 5.67. The average Bonchev–Trinajstić information content (AvgIpc) is 2.45. The summed E-state index contributed by atoms with van der Waals surface area (Å²) in [4.78, 5) is 2.30. The number of nitrogens with zero attached hydrogens (tertiary/aromatic N) is 1. The first-order chi connectivity index (χ1) is 9.60. The van der Waals surface area contributed by atoms with Crippen molar-refractivity contribution in [2.45, 2.75) is 33.0 Å². The molecule has 2 rings (SSSR count). The molecule has 0 amide bonds. The molecule has 0 aliphatic carbocycles. The zero-order valence-electron chi connectivity index (χ0n) is 12.1. The lowest BCUT2D eigenvalue weighted by atomic mass is 10.1. The Morgan fingerprint density at radius 3 is 2.30 bits per heavy atom. The summed E-state index contributed by atoms with van der Waals surface area (Å²) in [6.07, 6.45) is 0. The van der Waals surface area contributed by atoms with Crippen molar-refractivity contribution in [2.24, 2.45) is 5.73 Å². The van der Waals surface area contributed by atoms with Gasteiger partial charge < -0.3 is 15.7 Å². The standard InChI is InChI=1S/C17H22N2O/c1-13(2)19(12-15-4-3-5-17(20)10-15)16-8-6-14(11-18)7-9-16/h3-10,13,20H,11-12,18H2,1-2H3. The number of anilines is 1. The van der Waals surface area contributed by atoms with Crippen molar-refractivity contribution in [3.63, 3.8) is 0 Å². The molecule has 2 aromatic carbocycles. The van der Waals surface area contributed by atoms with E-state index in [1.54, 1.807) is 6.07 Å². The molecule has 0 radical (unpaired) electrons. The molecule has 3 heteroatoms. The Labute approximate surface area is 120 Å². The van der Waals surface area contributed by atoms with Gasteiger partial charge in [-0.05, 0) is 49.2 Å². The number of benzene rings is 2. The van der Waals surface area contributed by atoms with Crippen LogP contribution in [0.1, 0.15) is 25.0 Å². The van der Waals surface area contributed by atoms with Crippen LogP contribution in [0.25, 0.3) is 0 Å². The zero-order chi connectivity index (χ0) is 14.5. The molecule has 0 saturated heterocycles. The van der Waals surface area contributed by atoms with Crippen molar-refractivity contribution < 1.29 is 5.11 Å². The minimum Gasteiger partial charge on any atom is -0.508 e. The predicted molar refractivity (Wildman–Crippen MR) is 83.8 cm³/mol. The summed E-state index contributed by atoms with van der Waals surface area (Å²) in [5.74, 6) is 0.310. The van der Waals surface area contributed by atoms with Crippen molar-refractivity contribution in [3.8, 4) is 5.75 Å². The van der Waals surface area contributed by atoms with E-state index in [0.29, 0.717) is 18.3 Å². The summed E-state index contributed by atoms with van der Waals surface area (Å²) in [7, 11) is 0. The van der Waals surface area contributed by atoms with Gasteiger partial charge in [0.05, 0.1) is 0 Å². The Morgan fingerprint density at radius 1 is 1.05 bits per heavy atom. The summed E-state index contributed by atoms with van der Waals surface area (Å²) >= 11 is 0. The van der Waals surface area contributed by atoms with Crippen LogP contribution in [0.3, 0.4) is 0 Å². The second-order valence-electron chi connectivity index (χ2n) is 5.26. The van der Waals surface area contributed by atoms with E-state index in [0.717, 1.165) is 17.7 Å². The predicted octanol–water partition coefficient (Wildman–Crippen LogP) is 3.27. The van der Waals surface area contributed by atoms with Gasteiger partial charge >= 0.3 is 0 Å². The van der Waals surface area contributed by atoms with Crippen molar-refractivity contribution >= 4 is 5.69 Å². The number of phenols is 1. The van der Waals surface area contributed by atoms with Crippen molar-refractivity contribution in [2.75, 3.05) is 4.90 Å². The van der Waals surface area contributed by atoms with Gasteiger partial charge in [-0.1, -0.05) is 24.3 Å². The summed E-state index contributed by atoms with van der Waals surface area (Å²) < 4.78 is 0. The third-order valence-corrected chi connectivity index (χ3v) is 3.39. The number of phenolic OH excluding ortho intramolecular Hbond substituents is 1. The van der Waals surface area contributed by atoms with Crippen LogP contribution >= 0.6 is 0 Å². The van der Waals surface area contributed by atoms with Gasteiger partial charge in [0.25, 0.3) is 0 Å². The molecule has 0 saturated carbocycles. The van der Waals surface area contributed by atoms with Gasteiger partial charge in [0.1, 0.15) is 5.75 Å². The Bertz CT molecular complexity index is 549. The molecular formula is C17H22N2O. The highest BCUT2D eigenvalue weighted by atomic mass is 16.3. The van der Waals surface area contributed by atoms with Gasteiger partial charge in [0.2, 0.25) is 0 Å². The first-order valence-corrected chi connectivity index (χ1v) is 6.93. The van der Waals surface area contributed by atoms with Crippen LogP contribution in [0.4, 0.5) is 5.69 Å². The van der Waals surface area contributed by atoms with Crippen LogP contribution < -0.4 is 10.6 Å². The SMILES string of the molecule is CC(C)N(Cc1cccc(O)c1)c1ccc(CN)cc1. The van der Waals surface area contributed by atoms with Crippen molar-refractivity contribution in [1.82, 2.24) is 0 Å². The normalized spacial score (nSPS) is 10.8. The molecule has 106 valence electrons. The van der Waals surface area contributed by atoms with Crippen LogP contribution in [-0.4, -0.2) is 11.1 Å². The third-order valence-electron chi connectivity index (χ3n) is 3.39. The monoisotopic (exact) mass is 270 g/mol. The van der Waals surface area contributed by atoms with E-state index in [9.17, 15) is 5.11 Å². The second kappa shape index (κ2) is 6.44. The Morgan fingerprint density at radius 2 is 1.75 bits per heavy atom. The highest BCUT2D eigenvalue weighted by Crippen LogP contribution is 2.22. The molecule has 3 nitrogen and oxygen atoms in total. The van der Waals surface area contributed by atoms with Crippen LogP contribution in [-0.2, 0) is 13.1 Å². The fraction of sp³-hybridized carbons (Fsp3) is 0.294. The van der Waals surface area contributed by atoms with E-state index in [1.165, 1.54) is 5.69 Å². The summed E-state index contributed by atoms with van der Waals surface area (Å²) in [5.41, 5.74) is 9.03. The van der Waals surface area contributed by atoms with Crippen LogP contribution in [0.15, 0.2) is 48.5 Å². The van der Waals surface area contributed by atoms with E-state index < -0.39 is 0 Å². The van der Waals surface area contributed by atoms with Gasteiger partial charge in [-0.25, -0.2) is 0 Å². The number of rotatable bonds is 5. The molecule has 20 heavy (non-hydrogen) atoms. The van der Waals surface area contributed by atoms with Crippen molar-refractivity contribution in [3.05, 3.63) is 59.7 Å². The maximum Gasteiger partial charge on any atom is 0.115 e. The van der Waals surface area contributed by atoms with Gasteiger partial charge in [-0.3, -0.25) is 0 Å². The van der Waals surface area contributed by atoms with E-state index in [1.807, 2.05) is 18.2 Å². The average molecular weight is 270 g/mol.